The van der Waals surface area contributed by atoms with Gasteiger partial charge >= 0.3 is 0 Å². The summed E-state index contributed by atoms with van der Waals surface area (Å²) in [6.07, 6.45) is 4.89. The van der Waals surface area contributed by atoms with Crippen molar-refractivity contribution in [1.29, 1.82) is 0 Å². The van der Waals surface area contributed by atoms with Gasteiger partial charge in [-0.2, -0.15) is 0 Å². The highest BCUT2D eigenvalue weighted by Gasteiger charge is 2.28. The predicted octanol–water partition coefficient (Wildman–Crippen LogP) is 6.26. The summed E-state index contributed by atoms with van der Waals surface area (Å²) in [4.78, 5) is 29.3. The van der Waals surface area contributed by atoms with Gasteiger partial charge in [0.25, 0.3) is 11.8 Å². The Bertz CT molecular complexity index is 1290. The highest BCUT2D eigenvalue weighted by atomic mass is 35.5. The predicted molar refractivity (Wildman–Crippen MR) is 135 cm³/mol. The highest BCUT2D eigenvalue weighted by Crippen LogP contribution is 2.42. The van der Waals surface area contributed by atoms with Gasteiger partial charge in [0.05, 0.1) is 16.6 Å². The third-order valence-corrected chi connectivity index (χ3v) is 7.45. The number of fused-ring (bicyclic) bond motifs is 2. The van der Waals surface area contributed by atoms with Crippen molar-refractivity contribution in [3.63, 3.8) is 0 Å². The van der Waals surface area contributed by atoms with Crippen LogP contribution in [0.5, 0.6) is 0 Å². The summed E-state index contributed by atoms with van der Waals surface area (Å²) >= 11 is 7.50. The lowest BCUT2D eigenvalue weighted by atomic mass is 9.87. The first-order valence-electron chi connectivity index (χ1n) is 11.0. The molecule has 5 rings (SSSR count). The minimum absolute atomic E-state index is 0.0134. The number of likely N-dealkylation sites (N-methyl/N-ethyl adjacent to an activating group) is 1. The van der Waals surface area contributed by atoms with Crippen LogP contribution in [0, 0.1) is 0 Å². The molecule has 0 radical (unpaired) electrons. The number of aryl methyl sites for hydroxylation is 1. The number of thioether (sulfide) groups is 1. The summed E-state index contributed by atoms with van der Waals surface area (Å²) in [5.41, 5.74) is 4.68. The number of halogens is 1. The zero-order valence-corrected chi connectivity index (χ0v) is 19.7. The van der Waals surface area contributed by atoms with Gasteiger partial charge in [-0.3, -0.25) is 9.59 Å². The summed E-state index contributed by atoms with van der Waals surface area (Å²) < 4.78 is 0. The van der Waals surface area contributed by atoms with Gasteiger partial charge in [-0.15, -0.1) is 0 Å². The zero-order chi connectivity index (χ0) is 22.9. The van der Waals surface area contributed by atoms with Gasteiger partial charge in [0.2, 0.25) is 0 Å². The third kappa shape index (κ3) is 4.43. The van der Waals surface area contributed by atoms with Crippen LogP contribution in [0.2, 0.25) is 5.02 Å². The van der Waals surface area contributed by atoms with E-state index < -0.39 is 0 Å². The Kier molecular flexibility index (Phi) is 6.00. The molecule has 6 heteroatoms. The van der Waals surface area contributed by atoms with Crippen LogP contribution in [0.3, 0.4) is 0 Å². The molecule has 1 atom stereocenters. The van der Waals surface area contributed by atoms with Gasteiger partial charge in [0.15, 0.2) is 0 Å². The molecule has 1 aliphatic heterocycles. The Balaban J connectivity index is 1.38. The number of hydrogen-bond acceptors (Lipinski definition) is 3. The van der Waals surface area contributed by atoms with Gasteiger partial charge in [-0.1, -0.05) is 59.8 Å². The SMILES string of the molecule is CN1C(=O)C(=Cc2cccc(Cl)c2)Sc2ccc(C(=O)NC3CCCc4ccccc43)cc21. The van der Waals surface area contributed by atoms with E-state index in [0.29, 0.717) is 15.5 Å². The van der Waals surface area contributed by atoms with Crippen LogP contribution in [0.25, 0.3) is 6.08 Å². The molecule has 1 N–H and O–H groups in total. The maximum Gasteiger partial charge on any atom is 0.264 e. The maximum atomic E-state index is 13.1. The molecule has 4 nitrogen and oxygen atoms in total. The number of nitrogens with zero attached hydrogens (tertiary/aromatic N) is 1. The van der Waals surface area contributed by atoms with E-state index in [1.165, 1.54) is 22.9 Å². The van der Waals surface area contributed by atoms with E-state index >= 15 is 0 Å². The Morgan fingerprint density at radius 2 is 1.97 bits per heavy atom. The van der Waals surface area contributed by atoms with Crippen molar-refractivity contribution < 1.29 is 9.59 Å². The van der Waals surface area contributed by atoms with E-state index in [9.17, 15) is 9.59 Å². The number of amides is 2. The van der Waals surface area contributed by atoms with Gasteiger partial charge in [0.1, 0.15) is 0 Å². The first kappa shape index (κ1) is 21.8. The average Bonchev–Trinajstić information content (AvgIpc) is 2.82. The Morgan fingerprint density at radius 1 is 1.12 bits per heavy atom. The molecular weight excluding hydrogens is 452 g/mol. The number of anilines is 1. The van der Waals surface area contributed by atoms with Gasteiger partial charge < -0.3 is 10.2 Å². The normalized spacial score (nSPS) is 18.6. The highest BCUT2D eigenvalue weighted by molar-refractivity contribution is 8.04. The fourth-order valence-corrected chi connectivity index (χ4v) is 5.72. The van der Waals surface area contributed by atoms with Crippen LogP contribution < -0.4 is 10.2 Å². The van der Waals surface area contributed by atoms with Crippen molar-refractivity contribution in [2.24, 2.45) is 0 Å². The lowest BCUT2D eigenvalue weighted by Gasteiger charge is -2.28. The first-order chi connectivity index (χ1) is 16.0. The number of rotatable bonds is 3. The molecule has 0 saturated carbocycles. The Labute approximate surface area is 202 Å². The minimum atomic E-state index is -0.120. The number of carbonyl (C=O) groups excluding carboxylic acids is 2. The van der Waals surface area contributed by atoms with Crippen LogP contribution in [0.1, 0.15) is 45.9 Å². The molecule has 1 aliphatic carbocycles. The summed E-state index contributed by atoms with van der Waals surface area (Å²) in [6, 6.07) is 21.3. The van der Waals surface area contributed by atoms with Crippen molar-refractivity contribution in [3.8, 4) is 0 Å². The molecule has 3 aromatic carbocycles. The largest absolute Gasteiger partial charge is 0.345 e. The van der Waals surface area contributed by atoms with E-state index in [2.05, 4.69) is 17.4 Å². The summed E-state index contributed by atoms with van der Waals surface area (Å²) in [5.74, 6) is -0.225. The van der Waals surface area contributed by atoms with Crippen molar-refractivity contribution in [2.45, 2.75) is 30.2 Å². The molecule has 2 amide bonds. The molecule has 0 fully saturated rings. The smallest absolute Gasteiger partial charge is 0.264 e. The van der Waals surface area contributed by atoms with Crippen LogP contribution in [0.15, 0.2) is 76.5 Å². The fraction of sp³-hybridized carbons (Fsp3) is 0.185. The molecule has 3 aromatic rings. The Hall–Kier alpha value is -3.02. The second-order valence-electron chi connectivity index (χ2n) is 8.33. The van der Waals surface area contributed by atoms with E-state index in [1.807, 2.05) is 48.5 Å². The quantitative estimate of drug-likeness (QED) is 0.456. The average molecular weight is 475 g/mol. The topological polar surface area (TPSA) is 49.4 Å². The molecule has 0 aromatic heterocycles. The monoisotopic (exact) mass is 474 g/mol. The number of carbonyl (C=O) groups is 2. The van der Waals surface area contributed by atoms with Crippen LogP contribution in [-0.4, -0.2) is 18.9 Å². The van der Waals surface area contributed by atoms with E-state index in [0.717, 1.165) is 35.4 Å². The van der Waals surface area contributed by atoms with E-state index in [1.54, 1.807) is 24.1 Å². The zero-order valence-electron chi connectivity index (χ0n) is 18.2. The fourth-order valence-electron chi connectivity index (χ4n) is 4.43. The van der Waals surface area contributed by atoms with Crippen LogP contribution >= 0.6 is 23.4 Å². The van der Waals surface area contributed by atoms with Gasteiger partial charge in [-0.25, -0.2) is 0 Å². The molecular formula is C27H23ClN2O2S. The van der Waals surface area contributed by atoms with Crippen molar-refractivity contribution >= 4 is 46.9 Å². The number of nitrogens with one attached hydrogen (secondary N) is 1. The van der Waals surface area contributed by atoms with E-state index in [-0.39, 0.29) is 17.9 Å². The molecule has 0 saturated heterocycles. The van der Waals surface area contributed by atoms with Crippen LogP contribution in [-0.2, 0) is 11.2 Å². The summed E-state index contributed by atoms with van der Waals surface area (Å²) in [5, 5.41) is 3.83. The molecule has 2 aliphatic rings. The molecule has 1 unspecified atom stereocenters. The van der Waals surface area contributed by atoms with Crippen molar-refractivity contribution in [2.75, 3.05) is 11.9 Å². The first-order valence-corrected chi connectivity index (χ1v) is 12.1. The van der Waals surface area contributed by atoms with Gasteiger partial charge in [0, 0.05) is 22.5 Å². The number of benzene rings is 3. The van der Waals surface area contributed by atoms with Crippen molar-refractivity contribution in [1.82, 2.24) is 5.32 Å². The minimum Gasteiger partial charge on any atom is -0.345 e. The van der Waals surface area contributed by atoms with Gasteiger partial charge in [-0.05, 0) is 72.4 Å². The number of hydrogen-bond donors (Lipinski definition) is 1. The molecule has 33 heavy (non-hydrogen) atoms. The summed E-state index contributed by atoms with van der Waals surface area (Å²) in [7, 11) is 1.74. The Morgan fingerprint density at radius 3 is 2.82 bits per heavy atom. The molecule has 0 spiro atoms. The van der Waals surface area contributed by atoms with Crippen molar-refractivity contribution in [3.05, 3.63) is 98.9 Å². The molecule has 1 heterocycles. The third-order valence-electron chi connectivity index (χ3n) is 6.14. The lowest BCUT2D eigenvalue weighted by molar-refractivity contribution is -0.114. The molecule has 0 bridgehead atoms. The molecule has 166 valence electrons. The summed E-state index contributed by atoms with van der Waals surface area (Å²) in [6.45, 7) is 0. The van der Waals surface area contributed by atoms with Crippen LogP contribution in [0.4, 0.5) is 5.69 Å². The lowest BCUT2D eigenvalue weighted by Crippen LogP contribution is -2.32. The van der Waals surface area contributed by atoms with E-state index in [4.69, 9.17) is 11.6 Å². The second kappa shape index (κ2) is 9.08. The second-order valence-corrected chi connectivity index (χ2v) is 9.85. The maximum absolute atomic E-state index is 13.1. The standard InChI is InChI=1S/C27H23ClN2O2S/c1-30-23-16-19(26(31)29-22-11-5-8-18-7-2-3-10-21(18)22)12-13-24(23)33-25(27(30)32)15-17-6-4-9-20(28)14-17/h2-4,6-7,9-10,12-16,22H,5,8,11H2,1H3,(H,29,31).